The van der Waals surface area contributed by atoms with E-state index < -0.39 is 11.7 Å². The van der Waals surface area contributed by atoms with Crippen LogP contribution in [0.15, 0.2) is 0 Å². The van der Waals surface area contributed by atoms with E-state index in [0.717, 1.165) is 25.1 Å². The second-order valence-electron chi connectivity index (χ2n) is 8.99. The van der Waals surface area contributed by atoms with Gasteiger partial charge in [0.1, 0.15) is 17.7 Å². The smallest absolute Gasteiger partial charge is 0.407 e. The van der Waals surface area contributed by atoms with E-state index in [4.69, 9.17) is 30.8 Å². The van der Waals surface area contributed by atoms with Gasteiger partial charge in [-0.05, 0) is 51.6 Å². The van der Waals surface area contributed by atoms with Gasteiger partial charge in [-0.3, -0.25) is 4.57 Å². The van der Waals surface area contributed by atoms with Crippen LogP contribution in [0.1, 0.15) is 52.1 Å². The van der Waals surface area contributed by atoms with Crippen molar-refractivity contribution in [2.24, 2.45) is 0 Å². The first kappa shape index (κ1) is 23.0. The van der Waals surface area contributed by atoms with Crippen LogP contribution >= 0.6 is 11.6 Å². The molecule has 10 nitrogen and oxygen atoms in total. The molecule has 0 radical (unpaired) electrons. The molecule has 1 atom stereocenters. The highest BCUT2D eigenvalue weighted by molar-refractivity contribution is 6.28. The number of amides is 1. The van der Waals surface area contributed by atoms with Crippen molar-refractivity contribution in [1.82, 2.24) is 24.8 Å². The third-order valence-corrected chi connectivity index (χ3v) is 5.51. The lowest BCUT2D eigenvalue weighted by Crippen LogP contribution is -2.37. The van der Waals surface area contributed by atoms with Gasteiger partial charge in [0.2, 0.25) is 5.28 Å². The molecule has 2 aliphatic rings. The minimum Gasteiger partial charge on any atom is -0.444 e. The summed E-state index contributed by atoms with van der Waals surface area (Å²) in [5.74, 6) is 1.48. The summed E-state index contributed by atoms with van der Waals surface area (Å²) in [5, 5.41) is 2.98. The van der Waals surface area contributed by atoms with Gasteiger partial charge in [-0.15, -0.1) is 0 Å². The summed E-state index contributed by atoms with van der Waals surface area (Å²) >= 11 is 6.34. The molecule has 0 saturated carbocycles. The topological polar surface area (TPSA) is 104 Å². The van der Waals surface area contributed by atoms with Crippen LogP contribution in [-0.4, -0.2) is 70.7 Å². The molecular formula is C21H31ClN6O4. The van der Waals surface area contributed by atoms with Crippen LogP contribution in [0.5, 0.6) is 0 Å². The third-order valence-electron chi connectivity index (χ3n) is 5.34. The fraction of sp³-hybridized carbons (Fsp3) is 0.714. The van der Waals surface area contributed by atoms with E-state index in [0.29, 0.717) is 62.9 Å². The number of halogens is 1. The Balaban J connectivity index is 1.64. The number of hydrogen-bond acceptors (Lipinski definition) is 8. The van der Waals surface area contributed by atoms with Gasteiger partial charge in [0.05, 0.1) is 13.2 Å². The summed E-state index contributed by atoms with van der Waals surface area (Å²) in [5.41, 5.74) is 0.801. The standard InChI is InChI=1S/C21H31ClN6O4/c1-21(2,3)32-20(29)23-8-7-14-24-16-17(27-9-12-30-13-10-27)25-19(22)26-18(16)28(14)15-6-4-5-11-31-15/h15H,4-13H2,1-3H3,(H,23,29). The summed E-state index contributed by atoms with van der Waals surface area (Å²) in [6, 6.07) is 0. The van der Waals surface area contributed by atoms with E-state index in [1.165, 1.54) is 0 Å². The highest BCUT2D eigenvalue weighted by Gasteiger charge is 2.27. The zero-order valence-electron chi connectivity index (χ0n) is 18.9. The van der Waals surface area contributed by atoms with Crippen LogP contribution in [0.2, 0.25) is 5.28 Å². The van der Waals surface area contributed by atoms with E-state index in [2.05, 4.69) is 20.2 Å². The van der Waals surface area contributed by atoms with Crippen molar-refractivity contribution in [3.63, 3.8) is 0 Å². The molecule has 2 aromatic rings. The Kier molecular flexibility index (Phi) is 7.02. The molecule has 0 spiro atoms. The number of morpholine rings is 1. The lowest BCUT2D eigenvalue weighted by Gasteiger charge is -2.28. The SMILES string of the molecule is CC(C)(C)OC(=O)NCCc1nc2c(N3CCOCC3)nc(Cl)nc2n1C1CCCCO1. The highest BCUT2D eigenvalue weighted by Crippen LogP contribution is 2.32. The maximum absolute atomic E-state index is 12.1. The molecule has 2 aliphatic heterocycles. The summed E-state index contributed by atoms with van der Waals surface area (Å²) in [4.78, 5) is 28.1. The molecule has 2 saturated heterocycles. The van der Waals surface area contributed by atoms with Crippen molar-refractivity contribution in [3.05, 3.63) is 11.1 Å². The molecule has 4 rings (SSSR count). The van der Waals surface area contributed by atoms with Gasteiger partial charge >= 0.3 is 6.09 Å². The van der Waals surface area contributed by atoms with Crippen LogP contribution in [0.25, 0.3) is 11.2 Å². The predicted molar refractivity (Wildman–Crippen MR) is 120 cm³/mol. The Hall–Kier alpha value is -2.17. The zero-order valence-corrected chi connectivity index (χ0v) is 19.7. The monoisotopic (exact) mass is 466 g/mol. The molecule has 0 bridgehead atoms. The van der Waals surface area contributed by atoms with E-state index >= 15 is 0 Å². The molecule has 11 heteroatoms. The van der Waals surface area contributed by atoms with E-state index in [1.807, 2.05) is 25.3 Å². The van der Waals surface area contributed by atoms with Crippen LogP contribution in [0.4, 0.5) is 10.6 Å². The molecule has 2 aromatic heterocycles. The second kappa shape index (κ2) is 9.76. The highest BCUT2D eigenvalue weighted by atomic mass is 35.5. The molecule has 0 aliphatic carbocycles. The van der Waals surface area contributed by atoms with Gasteiger partial charge in [0, 0.05) is 32.7 Å². The minimum absolute atomic E-state index is 0.172. The Morgan fingerprint density at radius 3 is 2.66 bits per heavy atom. The normalized spacial score (nSPS) is 19.9. The first-order valence-corrected chi connectivity index (χ1v) is 11.5. The Morgan fingerprint density at radius 2 is 1.97 bits per heavy atom. The van der Waals surface area contributed by atoms with Crippen molar-refractivity contribution >= 4 is 34.7 Å². The van der Waals surface area contributed by atoms with Gasteiger partial charge in [0.25, 0.3) is 0 Å². The molecule has 32 heavy (non-hydrogen) atoms. The molecule has 2 fully saturated rings. The summed E-state index contributed by atoms with van der Waals surface area (Å²) in [7, 11) is 0. The Bertz CT molecular complexity index is 948. The molecule has 1 unspecified atom stereocenters. The van der Waals surface area contributed by atoms with Crippen LogP contribution in [0.3, 0.4) is 0 Å². The quantitative estimate of drug-likeness (QED) is 0.670. The van der Waals surface area contributed by atoms with Crippen molar-refractivity contribution in [2.45, 2.75) is 58.3 Å². The first-order valence-electron chi connectivity index (χ1n) is 11.2. The molecule has 4 heterocycles. The fourth-order valence-electron chi connectivity index (χ4n) is 3.97. The summed E-state index contributed by atoms with van der Waals surface area (Å²) < 4.78 is 18.9. The average molecular weight is 467 g/mol. The van der Waals surface area contributed by atoms with Gasteiger partial charge in [0.15, 0.2) is 17.0 Å². The average Bonchev–Trinajstić information content (AvgIpc) is 3.11. The number of alkyl carbamates (subject to hydrolysis) is 1. The number of anilines is 1. The van der Waals surface area contributed by atoms with Crippen molar-refractivity contribution in [2.75, 3.05) is 44.4 Å². The number of rotatable bonds is 5. The molecular weight excluding hydrogens is 436 g/mol. The van der Waals surface area contributed by atoms with E-state index in [-0.39, 0.29) is 11.5 Å². The third kappa shape index (κ3) is 5.41. The zero-order chi connectivity index (χ0) is 22.7. The number of aromatic nitrogens is 4. The first-order chi connectivity index (χ1) is 15.3. The van der Waals surface area contributed by atoms with Gasteiger partial charge in [-0.2, -0.15) is 9.97 Å². The van der Waals surface area contributed by atoms with Gasteiger partial charge in [-0.1, -0.05) is 0 Å². The van der Waals surface area contributed by atoms with Crippen molar-refractivity contribution in [1.29, 1.82) is 0 Å². The van der Waals surface area contributed by atoms with Crippen LogP contribution in [0, 0.1) is 0 Å². The largest absolute Gasteiger partial charge is 0.444 e. The number of fused-ring (bicyclic) bond motifs is 1. The second-order valence-corrected chi connectivity index (χ2v) is 9.32. The van der Waals surface area contributed by atoms with Gasteiger partial charge in [-0.25, -0.2) is 9.78 Å². The maximum atomic E-state index is 12.1. The molecule has 1 N–H and O–H groups in total. The van der Waals surface area contributed by atoms with Crippen LogP contribution < -0.4 is 10.2 Å². The minimum atomic E-state index is -0.549. The van der Waals surface area contributed by atoms with Crippen molar-refractivity contribution in [3.8, 4) is 0 Å². The lowest BCUT2D eigenvalue weighted by molar-refractivity contribution is -0.0313. The summed E-state index contributed by atoms with van der Waals surface area (Å²) in [6.07, 6.45) is 2.84. The van der Waals surface area contributed by atoms with Crippen molar-refractivity contribution < 1.29 is 19.0 Å². The lowest BCUT2D eigenvalue weighted by atomic mass is 10.2. The predicted octanol–water partition coefficient (Wildman–Crippen LogP) is 3.08. The van der Waals surface area contributed by atoms with E-state index in [1.54, 1.807) is 0 Å². The fourth-order valence-corrected chi connectivity index (χ4v) is 4.13. The number of imidazole rings is 1. The number of nitrogens with zero attached hydrogens (tertiary/aromatic N) is 5. The number of carbonyl (C=O) groups excluding carboxylic acids is 1. The number of ether oxygens (including phenoxy) is 3. The number of nitrogens with one attached hydrogen (secondary N) is 1. The molecule has 1 amide bonds. The van der Waals surface area contributed by atoms with Gasteiger partial charge < -0.3 is 24.4 Å². The van der Waals surface area contributed by atoms with Crippen LogP contribution in [-0.2, 0) is 20.6 Å². The Morgan fingerprint density at radius 1 is 1.19 bits per heavy atom. The maximum Gasteiger partial charge on any atom is 0.407 e. The number of hydrogen-bond donors (Lipinski definition) is 1. The molecule has 176 valence electrons. The Labute approximate surface area is 192 Å². The number of carbonyl (C=O) groups is 1. The summed E-state index contributed by atoms with van der Waals surface area (Å²) in [6.45, 7) is 9.25. The molecule has 0 aromatic carbocycles. The van der Waals surface area contributed by atoms with E-state index in [9.17, 15) is 4.79 Å².